The van der Waals surface area contributed by atoms with Crippen molar-refractivity contribution in [1.82, 2.24) is 4.90 Å². The van der Waals surface area contributed by atoms with E-state index in [1.54, 1.807) is 0 Å². The summed E-state index contributed by atoms with van der Waals surface area (Å²) in [5.74, 6) is 0.386. The smallest absolute Gasteiger partial charge is 0.221 e. The zero-order valence-electron chi connectivity index (χ0n) is 8.31. The lowest BCUT2D eigenvalue weighted by molar-refractivity contribution is -0.139. The van der Waals surface area contributed by atoms with Crippen LogP contribution in [-0.2, 0) is 4.79 Å². The molecule has 1 N–H and O–H groups in total. The summed E-state index contributed by atoms with van der Waals surface area (Å²) in [6.45, 7) is 2.18. The highest BCUT2D eigenvalue weighted by Crippen LogP contribution is 2.32. The van der Waals surface area contributed by atoms with E-state index in [1.807, 2.05) is 12.2 Å². The lowest BCUT2D eigenvalue weighted by atomic mass is 9.84. The third-order valence-corrected chi connectivity index (χ3v) is 3.03. The first kappa shape index (κ1) is 9.46. The molecule has 0 radical (unpaired) electrons. The Labute approximate surface area is 83.7 Å². The highest BCUT2D eigenvalue weighted by atomic mass is 16.3. The molecule has 2 aliphatic rings. The number of piperidine rings is 1. The van der Waals surface area contributed by atoms with Crippen LogP contribution in [0.1, 0.15) is 19.8 Å². The molecule has 1 aliphatic heterocycles. The molecule has 1 amide bonds. The van der Waals surface area contributed by atoms with E-state index < -0.39 is 6.23 Å². The number of carbonyl (C=O) groups excluding carboxylic acids is 1. The van der Waals surface area contributed by atoms with Crippen molar-refractivity contribution in [3.05, 3.63) is 23.8 Å². The molecule has 2 rings (SSSR count). The van der Waals surface area contributed by atoms with E-state index in [0.29, 0.717) is 12.5 Å². The fourth-order valence-electron chi connectivity index (χ4n) is 2.20. The number of rotatable bonds is 0. The molecule has 3 heteroatoms. The van der Waals surface area contributed by atoms with E-state index in [0.717, 1.165) is 18.4 Å². The molecule has 1 aliphatic carbocycles. The van der Waals surface area contributed by atoms with Crippen LogP contribution < -0.4 is 0 Å². The Kier molecular flexibility index (Phi) is 2.42. The van der Waals surface area contributed by atoms with Crippen LogP contribution in [0.5, 0.6) is 0 Å². The number of allylic oxidation sites excluding steroid dienone is 3. The minimum absolute atomic E-state index is 0.0496. The molecule has 1 fully saturated rings. The monoisotopic (exact) mass is 193 g/mol. The summed E-state index contributed by atoms with van der Waals surface area (Å²) >= 11 is 0. The van der Waals surface area contributed by atoms with Crippen molar-refractivity contribution in [2.24, 2.45) is 5.92 Å². The molecular formula is C11H15NO2. The largest absolute Gasteiger partial charge is 0.369 e. The molecule has 2 unspecified atom stereocenters. The summed E-state index contributed by atoms with van der Waals surface area (Å²) in [4.78, 5) is 12.7. The Balaban J connectivity index is 2.21. The number of fused-ring (bicyclic) bond motifs is 1. The number of likely N-dealkylation sites (tertiary alicyclic amines) is 1. The van der Waals surface area contributed by atoms with Crippen LogP contribution in [0, 0.1) is 5.92 Å². The van der Waals surface area contributed by atoms with E-state index in [2.05, 4.69) is 6.08 Å². The third kappa shape index (κ3) is 1.48. The van der Waals surface area contributed by atoms with Gasteiger partial charge in [-0.2, -0.15) is 0 Å². The van der Waals surface area contributed by atoms with Crippen LogP contribution in [0.15, 0.2) is 23.8 Å². The zero-order chi connectivity index (χ0) is 10.1. The predicted molar refractivity (Wildman–Crippen MR) is 53.3 cm³/mol. The quantitative estimate of drug-likeness (QED) is 0.625. The molecule has 0 aromatic heterocycles. The molecule has 1 heterocycles. The highest BCUT2D eigenvalue weighted by molar-refractivity contribution is 5.74. The summed E-state index contributed by atoms with van der Waals surface area (Å²) in [6.07, 6.45) is 7.27. The van der Waals surface area contributed by atoms with Gasteiger partial charge in [-0.3, -0.25) is 4.79 Å². The molecule has 0 spiro atoms. The number of aliphatic hydroxyl groups is 1. The van der Waals surface area contributed by atoms with Crippen molar-refractivity contribution in [3.8, 4) is 0 Å². The number of hydrogen-bond donors (Lipinski definition) is 1. The maximum absolute atomic E-state index is 11.2. The maximum Gasteiger partial charge on any atom is 0.221 e. The number of carbonyl (C=O) groups is 1. The highest BCUT2D eigenvalue weighted by Gasteiger charge is 2.32. The van der Waals surface area contributed by atoms with Crippen LogP contribution in [0.4, 0.5) is 0 Å². The van der Waals surface area contributed by atoms with Crippen molar-refractivity contribution < 1.29 is 9.90 Å². The van der Waals surface area contributed by atoms with Gasteiger partial charge in [-0.25, -0.2) is 0 Å². The van der Waals surface area contributed by atoms with E-state index in [1.165, 1.54) is 11.8 Å². The normalized spacial score (nSPS) is 31.0. The maximum atomic E-state index is 11.2. The average molecular weight is 193 g/mol. The first-order valence-electron chi connectivity index (χ1n) is 5.02. The van der Waals surface area contributed by atoms with Gasteiger partial charge in [-0.05, 0) is 24.3 Å². The Bertz CT molecular complexity index is 306. The van der Waals surface area contributed by atoms with E-state index in [9.17, 15) is 9.90 Å². The standard InChI is InChI=1S/C11H15NO2/c1-8(13)12-7-6-9-4-2-3-5-10(9)11(12)14/h2-3,5,9,11,14H,4,6-7H2,1H3. The molecule has 2 atom stereocenters. The topological polar surface area (TPSA) is 40.5 Å². The predicted octanol–water partition coefficient (Wildman–Crippen LogP) is 1.06. The van der Waals surface area contributed by atoms with Gasteiger partial charge in [0.25, 0.3) is 0 Å². The van der Waals surface area contributed by atoms with Crippen molar-refractivity contribution in [1.29, 1.82) is 0 Å². The summed E-state index contributed by atoms with van der Waals surface area (Å²) in [5.41, 5.74) is 0.994. The van der Waals surface area contributed by atoms with Crippen molar-refractivity contribution in [2.75, 3.05) is 6.54 Å². The minimum atomic E-state index is -0.698. The van der Waals surface area contributed by atoms with Gasteiger partial charge < -0.3 is 10.0 Å². The Hall–Kier alpha value is -1.09. The first-order chi connectivity index (χ1) is 6.70. The lowest BCUT2D eigenvalue weighted by Crippen LogP contribution is -2.46. The van der Waals surface area contributed by atoms with Crippen LogP contribution in [0.2, 0.25) is 0 Å². The summed E-state index contributed by atoms with van der Waals surface area (Å²) in [6, 6.07) is 0. The molecular weight excluding hydrogens is 178 g/mol. The van der Waals surface area contributed by atoms with Crippen molar-refractivity contribution in [3.63, 3.8) is 0 Å². The lowest BCUT2D eigenvalue weighted by Gasteiger charge is -2.38. The molecule has 0 aromatic carbocycles. The summed E-state index contributed by atoms with van der Waals surface area (Å²) in [5, 5.41) is 9.94. The van der Waals surface area contributed by atoms with Crippen LogP contribution in [-0.4, -0.2) is 28.7 Å². The molecule has 76 valence electrons. The number of aliphatic hydroxyl groups excluding tert-OH is 1. The Morgan fingerprint density at radius 3 is 3.14 bits per heavy atom. The van der Waals surface area contributed by atoms with Gasteiger partial charge in [-0.1, -0.05) is 18.2 Å². The van der Waals surface area contributed by atoms with Gasteiger partial charge in [-0.15, -0.1) is 0 Å². The summed E-state index contributed by atoms with van der Waals surface area (Å²) < 4.78 is 0. The molecule has 0 saturated carbocycles. The van der Waals surface area contributed by atoms with Crippen LogP contribution >= 0.6 is 0 Å². The van der Waals surface area contributed by atoms with Crippen molar-refractivity contribution >= 4 is 5.91 Å². The molecule has 14 heavy (non-hydrogen) atoms. The second-order valence-corrected chi connectivity index (χ2v) is 3.90. The Morgan fingerprint density at radius 2 is 2.43 bits per heavy atom. The van der Waals surface area contributed by atoms with Gasteiger partial charge in [0.05, 0.1) is 0 Å². The van der Waals surface area contributed by atoms with Gasteiger partial charge in [0.1, 0.15) is 0 Å². The second-order valence-electron chi connectivity index (χ2n) is 3.90. The summed E-state index contributed by atoms with van der Waals surface area (Å²) in [7, 11) is 0. The van der Waals surface area contributed by atoms with E-state index in [4.69, 9.17) is 0 Å². The molecule has 0 bridgehead atoms. The first-order valence-corrected chi connectivity index (χ1v) is 5.02. The minimum Gasteiger partial charge on any atom is -0.369 e. The van der Waals surface area contributed by atoms with Gasteiger partial charge in [0.15, 0.2) is 6.23 Å². The third-order valence-electron chi connectivity index (χ3n) is 3.03. The van der Waals surface area contributed by atoms with Gasteiger partial charge in [0, 0.05) is 13.5 Å². The van der Waals surface area contributed by atoms with E-state index in [-0.39, 0.29) is 5.91 Å². The fourth-order valence-corrected chi connectivity index (χ4v) is 2.20. The number of amides is 1. The molecule has 0 aromatic rings. The van der Waals surface area contributed by atoms with Crippen LogP contribution in [0.25, 0.3) is 0 Å². The molecule has 1 saturated heterocycles. The van der Waals surface area contributed by atoms with Crippen molar-refractivity contribution in [2.45, 2.75) is 26.0 Å². The Morgan fingerprint density at radius 1 is 1.64 bits per heavy atom. The van der Waals surface area contributed by atoms with Crippen LogP contribution in [0.3, 0.4) is 0 Å². The van der Waals surface area contributed by atoms with E-state index >= 15 is 0 Å². The second kappa shape index (κ2) is 3.58. The fraction of sp³-hybridized carbons (Fsp3) is 0.545. The molecule has 3 nitrogen and oxygen atoms in total. The SMILES string of the molecule is CC(=O)N1CCC2CC=CC=C2C1O. The average Bonchev–Trinajstić information content (AvgIpc) is 2.18. The zero-order valence-corrected chi connectivity index (χ0v) is 8.31. The number of nitrogens with zero attached hydrogens (tertiary/aromatic N) is 1. The van der Waals surface area contributed by atoms with Gasteiger partial charge in [0.2, 0.25) is 5.91 Å². The number of hydrogen-bond acceptors (Lipinski definition) is 2. The van der Waals surface area contributed by atoms with Gasteiger partial charge >= 0.3 is 0 Å².